The molecular formula is C16H19N5O3. The molecule has 1 unspecified atom stereocenters. The third-order valence-corrected chi connectivity index (χ3v) is 4.15. The molecule has 0 saturated heterocycles. The fourth-order valence-electron chi connectivity index (χ4n) is 3.01. The van der Waals surface area contributed by atoms with Crippen LogP contribution in [0.15, 0.2) is 30.6 Å². The molecule has 1 aliphatic rings. The van der Waals surface area contributed by atoms with E-state index in [-0.39, 0.29) is 11.8 Å². The number of nitrogens with one attached hydrogen (secondary N) is 1. The number of aromatic nitrogens is 4. The van der Waals surface area contributed by atoms with Gasteiger partial charge in [-0.2, -0.15) is 0 Å². The molecule has 1 aliphatic carbocycles. The third-order valence-electron chi connectivity index (χ3n) is 4.15. The van der Waals surface area contributed by atoms with Crippen molar-refractivity contribution >= 4 is 11.9 Å². The van der Waals surface area contributed by atoms with Crippen LogP contribution in [0.3, 0.4) is 0 Å². The first-order valence-corrected chi connectivity index (χ1v) is 7.96. The Bertz CT molecular complexity index is 693. The van der Waals surface area contributed by atoms with Crippen LogP contribution in [-0.4, -0.2) is 38.1 Å². The number of esters is 1. The van der Waals surface area contributed by atoms with Crippen molar-refractivity contribution in [2.45, 2.75) is 38.6 Å². The molecule has 0 aliphatic heterocycles. The maximum atomic E-state index is 12.5. The van der Waals surface area contributed by atoms with E-state index in [9.17, 15) is 9.59 Å². The molecule has 1 aromatic heterocycles. The Morgan fingerprint density at radius 2 is 1.96 bits per heavy atom. The molecule has 1 atom stereocenters. The molecule has 1 N–H and O–H groups in total. The summed E-state index contributed by atoms with van der Waals surface area (Å²) in [6, 6.07) is 6.26. The lowest BCUT2D eigenvalue weighted by atomic mass is 9.98. The Morgan fingerprint density at radius 3 is 2.54 bits per heavy atom. The molecule has 1 amide bonds. The third kappa shape index (κ3) is 3.76. The van der Waals surface area contributed by atoms with Crippen molar-refractivity contribution in [2.75, 3.05) is 0 Å². The van der Waals surface area contributed by atoms with E-state index in [0.29, 0.717) is 5.75 Å². The summed E-state index contributed by atoms with van der Waals surface area (Å²) in [4.78, 5) is 23.9. The number of hydrogen-bond acceptors (Lipinski definition) is 6. The average Bonchev–Trinajstić information content (AvgIpc) is 3.26. The summed E-state index contributed by atoms with van der Waals surface area (Å²) in [6.07, 6.45) is 5.49. The van der Waals surface area contributed by atoms with E-state index < -0.39 is 12.0 Å². The van der Waals surface area contributed by atoms with Gasteiger partial charge in [0.15, 0.2) is 0 Å². The normalized spacial score (nSPS) is 15.9. The minimum atomic E-state index is -0.593. The molecule has 8 nitrogen and oxygen atoms in total. The predicted molar refractivity (Wildman–Crippen MR) is 84.4 cm³/mol. The second-order valence-corrected chi connectivity index (χ2v) is 5.89. The Morgan fingerprint density at radius 1 is 1.25 bits per heavy atom. The fourth-order valence-corrected chi connectivity index (χ4v) is 3.01. The second kappa shape index (κ2) is 7.20. The standard InChI is InChI=1S/C16H19N5O3/c1-11(22)18-15(12-4-2-3-5-12)16(23)24-14-8-6-13(7-9-14)21-10-17-19-20-21/h6-10,12,15H,2-5H2,1H3,(H,18,22). The average molecular weight is 329 g/mol. The van der Waals surface area contributed by atoms with Crippen molar-refractivity contribution in [3.8, 4) is 11.4 Å². The largest absolute Gasteiger partial charge is 0.425 e. The number of hydrogen-bond donors (Lipinski definition) is 1. The predicted octanol–water partition coefficient (Wildman–Crippen LogP) is 1.26. The van der Waals surface area contributed by atoms with E-state index in [4.69, 9.17) is 4.74 Å². The Labute approximate surface area is 139 Å². The lowest BCUT2D eigenvalue weighted by Crippen LogP contribution is -2.46. The first kappa shape index (κ1) is 16.1. The highest BCUT2D eigenvalue weighted by Crippen LogP contribution is 2.28. The molecule has 3 rings (SSSR count). The van der Waals surface area contributed by atoms with E-state index >= 15 is 0 Å². The molecular weight excluding hydrogens is 310 g/mol. The zero-order chi connectivity index (χ0) is 16.9. The maximum Gasteiger partial charge on any atom is 0.334 e. The number of ether oxygens (including phenoxy) is 1. The van der Waals surface area contributed by atoms with Gasteiger partial charge in [0.05, 0.1) is 5.69 Å². The van der Waals surface area contributed by atoms with Crippen LogP contribution >= 0.6 is 0 Å². The lowest BCUT2D eigenvalue weighted by molar-refractivity contribution is -0.140. The van der Waals surface area contributed by atoms with Crippen LogP contribution in [0.4, 0.5) is 0 Å². The molecule has 1 saturated carbocycles. The molecule has 24 heavy (non-hydrogen) atoms. The van der Waals surface area contributed by atoms with Gasteiger partial charge in [0.1, 0.15) is 18.1 Å². The van der Waals surface area contributed by atoms with E-state index in [2.05, 4.69) is 20.8 Å². The van der Waals surface area contributed by atoms with Gasteiger partial charge in [-0.15, -0.1) is 5.10 Å². The molecule has 0 bridgehead atoms. The summed E-state index contributed by atoms with van der Waals surface area (Å²) in [7, 11) is 0. The van der Waals surface area contributed by atoms with Gasteiger partial charge < -0.3 is 10.1 Å². The van der Waals surface area contributed by atoms with Crippen molar-refractivity contribution < 1.29 is 14.3 Å². The number of carbonyl (C=O) groups is 2. The minimum Gasteiger partial charge on any atom is -0.425 e. The minimum absolute atomic E-state index is 0.141. The number of amides is 1. The second-order valence-electron chi connectivity index (χ2n) is 5.89. The summed E-state index contributed by atoms with van der Waals surface area (Å²) < 4.78 is 6.95. The van der Waals surface area contributed by atoms with Gasteiger partial charge in [-0.05, 0) is 53.5 Å². The molecule has 8 heteroatoms. The quantitative estimate of drug-likeness (QED) is 0.655. The van der Waals surface area contributed by atoms with Crippen LogP contribution in [0.2, 0.25) is 0 Å². The van der Waals surface area contributed by atoms with Crippen molar-refractivity contribution in [3.63, 3.8) is 0 Å². The first-order chi connectivity index (χ1) is 11.6. The van der Waals surface area contributed by atoms with Crippen molar-refractivity contribution in [2.24, 2.45) is 5.92 Å². The van der Waals surface area contributed by atoms with Gasteiger partial charge in [-0.1, -0.05) is 12.8 Å². The monoisotopic (exact) mass is 329 g/mol. The summed E-state index contributed by atoms with van der Waals surface area (Å²) in [6.45, 7) is 1.41. The van der Waals surface area contributed by atoms with Gasteiger partial charge in [-0.25, -0.2) is 9.48 Å². The van der Waals surface area contributed by atoms with E-state index in [1.54, 1.807) is 24.3 Å². The summed E-state index contributed by atoms with van der Waals surface area (Å²) in [5.74, 6) is -0.0859. The van der Waals surface area contributed by atoms with Crippen LogP contribution in [-0.2, 0) is 9.59 Å². The van der Waals surface area contributed by atoms with Crippen LogP contribution in [0.5, 0.6) is 5.75 Å². The van der Waals surface area contributed by atoms with Crippen molar-refractivity contribution in [3.05, 3.63) is 30.6 Å². The summed E-state index contributed by atoms with van der Waals surface area (Å²) >= 11 is 0. The molecule has 0 radical (unpaired) electrons. The highest BCUT2D eigenvalue weighted by molar-refractivity contribution is 5.84. The van der Waals surface area contributed by atoms with Gasteiger partial charge in [0.2, 0.25) is 5.91 Å². The SMILES string of the molecule is CC(=O)NC(C(=O)Oc1ccc(-n2cnnn2)cc1)C1CCCC1. The fraction of sp³-hybridized carbons (Fsp3) is 0.438. The number of tetrazole rings is 1. The number of carbonyl (C=O) groups excluding carboxylic acids is 2. The van der Waals surface area contributed by atoms with Crippen LogP contribution < -0.4 is 10.1 Å². The van der Waals surface area contributed by atoms with Gasteiger partial charge >= 0.3 is 5.97 Å². The van der Waals surface area contributed by atoms with Crippen molar-refractivity contribution in [1.29, 1.82) is 0 Å². The Kier molecular flexibility index (Phi) is 4.83. The van der Waals surface area contributed by atoms with E-state index in [1.807, 2.05) is 0 Å². The highest BCUT2D eigenvalue weighted by Gasteiger charge is 2.32. The molecule has 2 aromatic rings. The van der Waals surface area contributed by atoms with Crippen LogP contribution in [0.1, 0.15) is 32.6 Å². The summed E-state index contributed by atoms with van der Waals surface area (Å²) in [5, 5.41) is 13.7. The zero-order valence-corrected chi connectivity index (χ0v) is 13.4. The van der Waals surface area contributed by atoms with E-state index in [0.717, 1.165) is 31.4 Å². The van der Waals surface area contributed by atoms with Crippen molar-refractivity contribution in [1.82, 2.24) is 25.5 Å². The molecule has 1 fully saturated rings. The van der Waals surface area contributed by atoms with Crippen LogP contribution in [0, 0.1) is 5.92 Å². The first-order valence-electron chi connectivity index (χ1n) is 7.96. The topological polar surface area (TPSA) is 99.0 Å². The van der Waals surface area contributed by atoms with Crippen LogP contribution in [0.25, 0.3) is 5.69 Å². The Hall–Kier alpha value is -2.77. The molecule has 126 valence electrons. The Balaban J connectivity index is 1.68. The number of benzene rings is 1. The molecule has 1 heterocycles. The summed E-state index contributed by atoms with van der Waals surface area (Å²) in [5.41, 5.74) is 0.758. The number of nitrogens with zero attached hydrogens (tertiary/aromatic N) is 4. The van der Waals surface area contributed by atoms with Gasteiger partial charge in [-0.3, -0.25) is 4.79 Å². The zero-order valence-electron chi connectivity index (χ0n) is 13.4. The molecule has 1 aromatic carbocycles. The number of rotatable bonds is 5. The van der Waals surface area contributed by atoms with Gasteiger partial charge in [0, 0.05) is 6.92 Å². The molecule has 0 spiro atoms. The highest BCUT2D eigenvalue weighted by atomic mass is 16.5. The maximum absolute atomic E-state index is 12.5. The smallest absolute Gasteiger partial charge is 0.334 e. The van der Waals surface area contributed by atoms with Gasteiger partial charge in [0.25, 0.3) is 0 Å². The van der Waals surface area contributed by atoms with E-state index in [1.165, 1.54) is 17.9 Å². The lowest BCUT2D eigenvalue weighted by Gasteiger charge is -2.22.